The number of likely N-dealkylation sites (tertiary alicyclic amines) is 1. The largest absolute Gasteiger partial charge is 0.497 e. The maximum atomic E-state index is 15.5. The second kappa shape index (κ2) is 12.3. The molecule has 0 spiro atoms. The van der Waals surface area contributed by atoms with E-state index in [9.17, 15) is 9.90 Å². The van der Waals surface area contributed by atoms with Gasteiger partial charge in [0.15, 0.2) is 0 Å². The Labute approximate surface area is 213 Å². The Balaban J connectivity index is 1.32. The van der Waals surface area contributed by atoms with E-state index in [4.69, 9.17) is 4.74 Å². The highest BCUT2D eigenvalue weighted by atomic mass is 19.1. The number of fused-ring (bicyclic) bond motifs is 1. The molecule has 0 amide bonds. The fourth-order valence-corrected chi connectivity index (χ4v) is 5.66. The van der Waals surface area contributed by atoms with Gasteiger partial charge in [-0.2, -0.15) is 0 Å². The van der Waals surface area contributed by atoms with Gasteiger partial charge in [-0.15, -0.1) is 0 Å². The topological polar surface area (TPSA) is 67.6 Å². The molecule has 0 radical (unpaired) electrons. The summed E-state index contributed by atoms with van der Waals surface area (Å²) in [6.45, 7) is 2.73. The van der Waals surface area contributed by atoms with Crippen molar-refractivity contribution in [2.24, 2.45) is 18.9 Å². The van der Waals surface area contributed by atoms with Crippen LogP contribution in [-0.4, -0.2) is 52.3 Å². The first-order valence-electron chi connectivity index (χ1n) is 13.1. The van der Waals surface area contributed by atoms with Crippen LogP contribution in [0.15, 0.2) is 48.8 Å². The lowest BCUT2D eigenvalue weighted by atomic mass is 9.79. The van der Waals surface area contributed by atoms with Gasteiger partial charge in [0, 0.05) is 43.5 Å². The number of ether oxygens (including phenoxy) is 1. The number of aryl methyl sites for hydroxylation is 2. The maximum Gasteiger partial charge on any atom is 0.303 e. The number of halogens is 1. The minimum Gasteiger partial charge on any atom is -0.497 e. The summed E-state index contributed by atoms with van der Waals surface area (Å²) in [5.74, 6) is 0.202. The molecule has 1 saturated heterocycles. The zero-order chi connectivity index (χ0) is 25.5. The fraction of sp³-hybridized carbons (Fsp3) is 0.517. The van der Waals surface area contributed by atoms with Gasteiger partial charge in [0.1, 0.15) is 11.9 Å². The number of aromatic nitrogens is 2. The molecule has 1 aromatic carbocycles. The summed E-state index contributed by atoms with van der Waals surface area (Å²) in [5, 5.41) is 10.3. The summed E-state index contributed by atoms with van der Waals surface area (Å²) < 4.78 is 23.0. The molecule has 0 unspecified atom stereocenters. The second-order valence-corrected chi connectivity index (χ2v) is 10.1. The van der Waals surface area contributed by atoms with Crippen LogP contribution in [-0.2, 0) is 18.3 Å². The van der Waals surface area contributed by atoms with Crippen LogP contribution in [0.25, 0.3) is 10.9 Å². The Hall–Kier alpha value is -2.93. The lowest BCUT2D eigenvalue weighted by Crippen LogP contribution is -2.41. The molecule has 6 nitrogen and oxygen atoms in total. The molecule has 0 aliphatic carbocycles. The van der Waals surface area contributed by atoms with E-state index in [0.29, 0.717) is 24.2 Å². The zero-order valence-electron chi connectivity index (χ0n) is 21.4. The number of alkyl halides is 1. The molecule has 2 aromatic heterocycles. The number of nitrogens with zero attached hydrogens (tertiary/aromatic N) is 3. The van der Waals surface area contributed by atoms with E-state index in [-0.39, 0.29) is 18.3 Å². The number of aliphatic carboxylic acids is 1. The summed E-state index contributed by atoms with van der Waals surface area (Å²) in [7, 11) is 3.68. The van der Waals surface area contributed by atoms with E-state index < -0.39 is 12.1 Å². The number of carboxylic acids is 1. The summed E-state index contributed by atoms with van der Waals surface area (Å²) in [5.41, 5.74) is 2.73. The van der Waals surface area contributed by atoms with Gasteiger partial charge in [0.2, 0.25) is 0 Å². The molecule has 3 atom stereocenters. The highest BCUT2D eigenvalue weighted by Crippen LogP contribution is 2.36. The zero-order valence-corrected chi connectivity index (χ0v) is 21.4. The van der Waals surface area contributed by atoms with Gasteiger partial charge in [-0.1, -0.05) is 0 Å². The average Bonchev–Trinajstić information content (AvgIpc) is 3.29. The third-order valence-corrected chi connectivity index (χ3v) is 7.73. The third kappa shape index (κ3) is 6.64. The van der Waals surface area contributed by atoms with Gasteiger partial charge < -0.3 is 19.3 Å². The molecule has 0 saturated carbocycles. The Morgan fingerprint density at radius 2 is 2.11 bits per heavy atom. The van der Waals surface area contributed by atoms with Crippen molar-refractivity contribution in [3.05, 3.63) is 60.0 Å². The minimum absolute atomic E-state index is 0.0607. The van der Waals surface area contributed by atoms with E-state index >= 15 is 4.39 Å². The summed E-state index contributed by atoms with van der Waals surface area (Å²) in [6, 6.07) is 11.5. The number of pyridine rings is 1. The van der Waals surface area contributed by atoms with Crippen molar-refractivity contribution in [2.45, 2.75) is 51.1 Å². The molecule has 3 heterocycles. The van der Waals surface area contributed by atoms with Gasteiger partial charge >= 0.3 is 5.97 Å². The molecule has 4 rings (SSSR count). The first-order valence-corrected chi connectivity index (χ1v) is 13.1. The van der Waals surface area contributed by atoms with E-state index in [1.54, 1.807) is 19.4 Å². The number of benzene rings is 1. The van der Waals surface area contributed by atoms with Crippen molar-refractivity contribution in [1.29, 1.82) is 0 Å². The van der Waals surface area contributed by atoms with Crippen LogP contribution in [0.4, 0.5) is 4.39 Å². The number of carboxylic acid groups (broad SMARTS) is 1. The van der Waals surface area contributed by atoms with E-state index in [2.05, 4.69) is 39.8 Å². The number of methoxy groups -OCH3 is 1. The third-order valence-electron chi connectivity index (χ3n) is 7.73. The van der Waals surface area contributed by atoms with Gasteiger partial charge in [-0.3, -0.25) is 9.78 Å². The van der Waals surface area contributed by atoms with Gasteiger partial charge in [0.25, 0.3) is 0 Å². The van der Waals surface area contributed by atoms with Gasteiger partial charge in [-0.05, 0) is 105 Å². The van der Waals surface area contributed by atoms with Crippen LogP contribution in [0.1, 0.15) is 56.0 Å². The van der Waals surface area contributed by atoms with Crippen molar-refractivity contribution in [3.8, 4) is 5.75 Å². The summed E-state index contributed by atoms with van der Waals surface area (Å²) >= 11 is 0. The first kappa shape index (κ1) is 26.1. The highest BCUT2D eigenvalue weighted by molar-refractivity contribution is 5.83. The molecular formula is C29H38FN3O3. The Morgan fingerprint density at radius 3 is 2.86 bits per heavy atom. The molecule has 1 aliphatic rings. The SMILES string of the molecule is COc1ccc2nccc([C@H](F)CC[C@@H]3CCN(CCCCc4cccn4C)C[C@@H]3CC(=O)O)c2c1. The molecule has 194 valence electrons. The first-order chi connectivity index (χ1) is 17.4. The van der Waals surface area contributed by atoms with E-state index in [1.165, 1.54) is 5.69 Å². The molecule has 1 aliphatic heterocycles. The van der Waals surface area contributed by atoms with Crippen LogP contribution >= 0.6 is 0 Å². The van der Waals surface area contributed by atoms with Crippen molar-refractivity contribution in [3.63, 3.8) is 0 Å². The molecule has 7 heteroatoms. The smallest absolute Gasteiger partial charge is 0.303 e. The molecule has 1 N–H and O–H groups in total. The van der Waals surface area contributed by atoms with Crippen molar-refractivity contribution < 1.29 is 19.0 Å². The van der Waals surface area contributed by atoms with Crippen LogP contribution in [0.5, 0.6) is 5.75 Å². The van der Waals surface area contributed by atoms with Crippen molar-refractivity contribution >= 4 is 16.9 Å². The monoisotopic (exact) mass is 495 g/mol. The Bertz CT molecular complexity index is 1150. The maximum absolute atomic E-state index is 15.5. The minimum atomic E-state index is -1.12. The number of rotatable bonds is 12. The Morgan fingerprint density at radius 1 is 1.25 bits per heavy atom. The number of hydrogen-bond acceptors (Lipinski definition) is 4. The highest BCUT2D eigenvalue weighted by Gasteiger charge is 2.31. The van der Waals surface area contributed by atoms with Crippen LogP contribution in [0.3, 0.4) is 0 Å². The number of carbonyl (C=O) groups is 1. The molecule has 3 aromatic rings. The standard InChI is InChI=1S/C29H38FN3O3/c1-32-15-5-7-23(32)6-3-4-16-33-17-13-21(22(20-33)18-29(34)35)8-10-27(30)25-12-14-31-28-11-9-24(36-2)19-26(25)28/h5,7,9,11-12,14-15,19,21-22,27H,3-4,6,8,10,13,16-18,20H2,1-2H3,(H,34,35)/t21-,22+,27-/m1/s1. The van der Waals surface area contributed by atoms with E-state index in [0.717, 1.165) is 56.2 Å². The number of piperidine rings is 1. The quantitative estimate of drug-likeness (QED) is 0.321. The molecule has 0 bridgehead atoms. The average molecular weight is 496 g/mol. The fourth-order valence-electron chi connectivity index (χ4n) is 5.66. The molecule has 36 heavy (non-hydrogen) atoms. The molecular weight excluding hydrogens is 457 g/mol. The Kier molecular flexibility index (Phi) is 8.97. The van der Waals surface area contributed by atoms with Crippen molar-refractivity contribution in [2.75, 3.05) is 26.7 Å². The van der Waals surface area contributed by atoms with Crippen LogP contribution < -0.4 is 4.74 Å². The summed E-state index contributed by atoms with van der Waals surface area (Å²) in [6.07, 6.45) is 8.03. The predicted molar refractivity (Wildman–Crippen MR) is 140 cm³/mol. The van der Waals surface area contributed by atoms with Crippen molar-refractivity contribution in [1.82, 2.24) is 14.5 Å². The van der Waals surface area contributed by atoms with Gasteiger partial charge in [-0.25, -0.2) is 4.39 Å². The second-order valence-electron chi connectivity index (χ2n) is 10.1. The lowest BCUT2D eigenvalue weighted by molar-refractivity contribution is -0.139. The number of unbranched alkanes of at least 4 members (excludes halogenated alkanes) is 1. The van der Waals surface area contributed by atoms with Crippen LogP contribution in [0, 0.1) is 11.8 Å². The van der Waals surface area contributed by atoms with Gasteiger partial charge in [0.05, 0.1) is 12.6 Å². The normalized spacial score (nSPS) is 19.4. The van der Waals surface area contributed by atoms with E-state index in [1.807, 2.05) is 18.2 Å². The number of hydrogen-bond donors (Lipinski definition) is 1. The molecule has 1 fully saturated rings. The van der Waals surface area contributed by atoms with Crippen LogP contribution in [0.2, 0.25) is 0 Å². The summed E-state index contributed by atoms with van der Waals surface area (Å²) in [4.78, 5) is 18.4. The lowest BCUT2D eigenvalue weighted by Gasteiger charge is -2.38. The predicted octanol–water partition coefficient (Wildman–Crippen LogP) is 5.81.